The quantitative estimate of drug-likeness (QED) is 0.847. The van der Waals surface area contributed by atoms with Gasteiger partial charge in [0.1, 0.15) is 6.10 Å². The average molecular weight is 307 g/mol. The van der Waals surface area contributed by atoms with E-state index in [1.807, 2.05) is 66.1 Å². The predicted octanol–water partition coefficient (Wildman–Crippen LogP) is 3.25. The van der Waals surface area contributed by atoms with Crippen LogP contribution in [0.15, 0.2) is 24.3 Å². The summed E-state index contributed by atoms with van der Waals surface area (Å²) < 4.78 is 5.39. The molecule has 5 nitrogen and oxygen atoms in total. The van der Waals surface area contributed by atoms with E-state index in [0.29, 0.717) is 0 Å². The molecule has 0 aromatic heterocycles. The van der Waals surface area contributed by atoms with E-state index in [1.165, 1.54) is 0 Å². The molecule has 1 aromatic carbocycles. The van der Waals surface area contributed by atoms with Crippen LogP contribution >= 0.6 is 0 Å². The van der Waals surface area contributed by atoms with Gasteiger partial charge in [0.15, 0.2) is 0 Å². The number of rotatable bonds is 6. The summed E-state index contributed by atoms with van der Waals surface area (Å²) in [6.45, 7) is 9.52. The smallest absolute Gasteiger partial charge is 0.408 e. The summed E-state index contributed by atoms with van der Waals surface area (Å²) in [4.78, 5) is 13.9. The molecule has 0 spiro atoms. The summed E-state index contributed by atoms with van der Waals surface area (Å²) in [6.07, 6.45) is -0.675. The van der Waals surface area contributed by atoms with E-state index in [0.717, 1.165) is 24.3 Å². The van der Waals surface area contributed by atoms with E-state index >= 15 is 0 Å². The van der Waals surface area contributed by atoms with E-state index in [-0.39, 0.29) is 11.6 Å². The number of amides is 1. The van der Waals surface area contributed by atoms with Crippen molar-refractivity contribution >= 4 is 11.8 Å². The summed E-state index contributed by atoms with van der Waals surface area (Å²) in [7, 11) is 4.10. The molecule has 0 saturated heterocycles. The number of ether oxygens (including phenoxy) is 1. The molecule has 0 bridgehead atoms. The first kappa shape index (κ1) is 18.3. The lowest BCUT2D eigenvalue weighted by Crippen LogP contribution is -2.41. The molecule has 2 N–H and O–H groups in total. The van der Waals surface area contributed by atoms with Gasteiger partial charge in [-0.2, -0.15) is 0 Å². The fourth-order valence-corrected chi connectivity index (χ4v) is 1.86. The molecular formula is C17H29N3O2. The van der Waals surface area contributed by atoms with Crippen LogP contribution in [0.5, 0.6) is 0 Å². The van der Waals surface area contributed by atoms with E-state index in [4.69, 9.17) is 4.74 Å². The van der Waals surface area contributed by atoms with E-state index in [1.54, 1.807) is 0 Å². The topological polar surface area (TPSA) is 53.6 Å². The monoisotopic (exact) mass is 307 g/mol. The first-order valence-corrected chi connectivity index (χ1v) is 7.65. The van der Waals surface area contributed by atoms with Gasteiger partial charge in [-0.25, -0.2) is 4.79 Å². The Hall–Kier alpha value is -1.75. The Labute approximate surface area is 134 Å². The Morgan fingerprint density at radius 2 is 1.82 bits per heavy atom. The van der Waals surface area contributed by atoms with Gasteiger partial charge in [0, 0.05) is 24.3 Å². The summed E-state index contributed by atoms with van der Waals surface area (Å²) >= 11 is 0. The minimum absolute atomic E-state index is 0.279. The van der Waals surface area contributed by atoms with Gasteiger partial charge in [-0.3, -0.25) is 0 Å². The van der Waals surface area contributed by atoms with Gasteiger partial charge >= 0.3 is 6.09 Å². The lowest BCUT2D eigenvalue weighted by Gasteiger charge is -2.22. The number of benzene rings is 1. The normalized spacial score (nSPS) is 12.9. The van der Waals surface area contributed by atoms with Crippen LogP contribution in [0.4, 0.5) is 10.5 Å². The molecule has 0 heterocycles. The maximum atomic E-state index is 11.8. The lowest BCUT2D eigenvalue weighted by atomic mass is 10.1. The maximum Gasteiger partial charge on any atom is 0.408 e. The van der Waals surface area contributed by atoms with Crippen LogP contribution in [0, 0.1) is 0 Å². The molecular weight excluding hydrogens is 278 g/mol. The van der Waals surface area contributed by atoms with Gasteiger partial charge in [-0.1, -0.05) is 12.1 Å². The molecule has 0 aliphatic heterocycles. The minimum Gasteiger partial charge on any atom is -0.442 e. The molecule has 1 aromatic rings. The Balaban J connectivity index is 2.49. The second-order valence-corrected chi connectivity index (χ2v) is 6.77. The summed E-state index contributed by atoms with van der Waals surface area (Å²) in [5.41, 5.74) is 1.75. The van der Waals surface area contributed by atoms with Crippen molar-refractivity contribution in [1.82, 2.24) is 10.2 Å². The third-order valence-corrected chi connectivity index (χ3v) is 3.03. The average Bonchev–Trinajstić information content (AvgIpc) is 2.36. The van der Waals surface area contributed by atoms with Crippen LogP contribution in [0.3, 0.4) is 0 Å². The third kappa shape index (κ3) is 7.31. The molecule has 0 aliphatic rings. The maximum absolute atomic E-state index is 11.8. The summed E-state index contributed by atoms with van der Waals surface area (Å²) in [6, 6.07) is 7.97. The number of nitrogens with zero attached hydrogens (tertiary/aromatic N) is 1. The number of nitrogens with one attached hydrogen (secondary N) is 2. The van der Waals surface area contributed by atoms with Crippen molar-refractivity contribution in [2.45, 2.75) is 39.3 Å². The van der Waals surface area contributed by atoms with Gasteiger partial charge in [0.05, 0.1) is 0 Å². The standard InChI is InChI=1S/C17H29N3O2/c1-13(22-16(21)19-17(2,3)4)14-7-9-15(10-8-14)18-11-12-20(5)6/h7-10,13,18H,11-12H2,1-6H3,(H,19,21)/t13-/m0/s1. The third-order valence-electron chi connectivity index (χ3n) is 3.03. The summed E-state index contributed by atoms with van der Waals surface area (Å²) in [5, 5.41) is 6.14. The Morgan fingerprint density at radius 1 is 1.23 bits per heavy atom. The Kier molecular flexibility index (Phi) is 6.68. The minimum atomic E-state index is -0.395. The van der Waals surface area contributed by atoms with E-state index in [2.05, 4.69) is 15.5 Å². The van der Waals surface area contributed by atoms with Crippen molar-refractivity contribution in [3.8, 4) is 0 Å². The second kappa shape index (κ2) is 8.03. The molecule has 1 rings (SSSR count). The highest BCUT2D eigenvalue weighted by atomic mass is 16.6. The highest BCUT2D eigenvalue weighted by Gasteiger charge is 2.17. The molecule has 124 valence electrons. The number of hydrogen-bond acceptors (Lipinski definition) is 4. The van der Waals surface area contributed by atoms with Crippen LogP contribution < -0.4 is 10.6 Å². The predicted molar refractivity (Wildman–Crippen MR) is 91.3 cm³/mol. The van der Waals surface area contributed by atoms with Crippen molar-refractivity contribution in [3.63, 3.8) is 0 Å². The van der Waals surface area contributed by atoms with Crippen molar-refractivity contribution in [1.29, 1.82) is 0 Å². The van der Waals surface area contributed by atoms with Crippen LogP contribution in [0.25, 0.3) is 0 Å². The van der Waals surface area contributed by atoms with Crippen molar-refractivity contribution in [2.24, 2.45) is 0 Å². The zero-order valence-electron chi connectivity index (χ0n) is 14.6. The molecule has 1 atom stereocenters. The molecule has 0 saturated carbocycles. The van der Waals surface area contributed by atoms with Crippen LogP contribution in [0.1, 0.15) is 39.4 Å². The number of carbonyl (C=O) groups excluding carboxylic acids is 1. The van der Waals surface area contributed by atoms with Gasteiger partial charge in [0.25, 0.3) is 0 Å². The SMILES string of the molecule is C[C@H](OC(=O)NC(C)(C)C)c1ccc(NCCN(C)C)cc1. The van der Waals surface area contributed by atoms with Gasteiger partial charge in [-0.05, 0) is 59.5 Å². The van der Waals surface area contributed by atoms with Gasteiger partial charge in [-0.15, -0.1) is 0 Å². The largest absolute Gasteiger partial charge is 0.442 e. The number of carbonyl (C=O) groups is 1. The van der Waals surface area contributed by atoms with Crippen molar-refractivity contribution in [3.05, 3.63) is 29.8 Å². The Bertz CT molecular complexity index is 464. The first-order chi connectivity index (χ1) is 10.2. The molecule has 0 aliphatic carbocycles. The molecule has 0 fully saturated rings. The molecule has 22 heavy (non-hydrogen) atoms. The van der Waals surface area contributed by atoms with Crippen LogP contribution in [-0.2, 0) is 4.74 Å². The number of likely N-dealkylation sites (N-methyl/N-ethyl adjacent to an activating group) is 1. The number of anilines is 1. The number of hydrogen-bond donors (Lipinski definition) is 2. The van der Waals surface area contributed by atoms with E-state index in [9.17, 15) is 4.79 Å². The van der Waals surface area contributed by atoms with Gasteiger partial charge < -0.3 is 20.3 Å². The molecule has 1 amide bonds. The highest BCUT2D eigenvalue weighted by molar-refractivity contribution is 5.68. The van der Waals surface area contributed by atoms with E-state index < -0.39 is 6.09 Å². The zero-order chi connectivity index (χ0) is 16.8. The van der Waals surface area contributed by atoms with Crippen LogP contribution in [-0.4, -0.2) is 43.7 Å². The van der Waals surface area contributed by atoms with Gasteiger partial charge in [0.2, 0.25) is 0 Å². The van der Waals surface area contributed by atoms with Crippen molar-refractivity contribution < 1.29 is 9.53 Å². The molecule has 5 heteroatoms. The van der Waals surface area contributed by atoms with Crippen LogP contribution in [0.2, 0.25) is 0 Å². The first-order valence-electron chi connectivity index (χ1n) is 7.65. The summed E-state index contributed by atoms with van der Waals surface area (Å²) in [5.74, 6) is 0. The fourth-order valence-electron chi connectivity index (χ4n) is 1.86. The fraction of sp³-hybridized carbons (Fsp3) is 0.588. The Morgan fingerprint density at radius 3 is 2.32 bits per heavy atom. The second-order valence-electron chi connectivity index (χ2n) is 6.77. The lowest BCUT2D eigenvalue weighted by molar-refractivity contribution is 0.100. The molecule has 0 unspecified atom stereocenters. The number of alkyl carbamates (subject to hydrolysis) is 1. The molecule has 0 radical (unpaired) electrons. The van der Waals surface area contributed by atoms with Crippen molar-refractivity contribution in [2.75, 3.05) is 32.5 Å². The zero-order valence-corrected chi connectivity index (χ0v) is 14.6. The highest BCUT2D eigenvalue weighted by Crippen LogP contribution is 2.19.